The van der Waals surface area contributed by atoms with E-state index in [1.54, 1.807) is 0 Å². The molecule has 0 saturated carbocycles. The Morgan fingerprint density at radius 2 is 1.74 bits per heavy atom. The van der Waals surface area contributed by atoms with E-state index in [-0.39, 0.29) is 5.41 Å². The Morgan fingerprint density at radius 1 is 1.05 bits per heavy atom. The molecule has 3 nitrogen and oxygen atoms in total. The van der Waals surface area contributed by atoms with Crippen molar-refractivity contribution in [2.45, 2.75) is 18.8 Å². The third-order valence-electron chi connectivity index (χ3n) is 3.83. The summed E-state index contributed by atoms with van der Waals surface area (Å²) in [6.45, 7) is 2.97. The van der Waals surface area contributed by atoms with E-state index < -0.39 is 0 Å². The maximum atomic E-state index is 4.51. The van der Waals surface area contributed by atoms with Gasteiger partial charge in [-0.1, -0.05) is 37.3 Å². The molecule has 1 aromatic carbocycles. The number of pyridine rings is 1. The van der Waals surface area contributed by atoms with Crippen LogP contribution in [-0.4, -0.2) is 17.2 Å². The molecule has 19 heavy (non-hydrogen) atoms. The van der Waals surface area contributed by atoms with Crippen molar-refractivity contribution in [2.75, 3.05) is 6.54 Å². The molecule has 0 radical (unpaired) electrons. The molecule has 2 aromatic rings. The van der Waals surface area contributed by atoms with Crippen LogP contribution in [0.2, 0.25) is 0 Å². The molecule has 1 aromatic heterocycles. The van der Waals surface area contributed by atoms with Crippen LogP contribution in [0.15, 0.2) is 60.0 Å². The zero-order valence-corrected chi connectivity index (χ0v) is 11.0. The van der Waals surface area contributed by atoms with E-state index in [4.69, 9.17) is 0 Å². The van der Waals surface area contributed by atoms with Crippen LogP contribution in [0.3, 0.4) is 0 Å². The SMILES string of the molecule is CCC1=NNCC1(c1ccccc1)c1ccncc1. The highest BCUT2D eigenvalue weighted by atomic mass is 15.3. The second kappa shape index (κ2) is 4.84. The predicted molar refractivity (Wildman–Crippen MR) is 77.2 cm³/mol. The van der Waals surface area contributed by atoms with Crippen molar-refractivity contribution in [2.24, 2.45) is 5.10 Å². The zero-order valence-electron chi connectivity index (χ0n) is 11.0. The average Bonchev–Trinajstić information content (AvgIpc) is 2.94. The third-order valence-corrected chi connectivity index (χ3v) is 3.83. The lowest BCUT2D eigenvalue weighted by Crippen LogP contribution is -2.38. The minimum absolute atomic E-state index is 0.154. The zero-order chi connectivity index (χ0) is 13.1. The number of hydrogen-bond acceptors (Lipinski definition) is 3. The van der Waals surface area contributed by atoms with Gasteiger partial charge in [0.15, 0.2) is 0 Å². The van der Waals surface area contributed by atoms with Gasteiger partial charge in [-0.05, 0) is 29.7 Å². The smallest absolute Gasteiger partial charge is 0.0792 e. The summed E-state index contributed by atoms with van der Waals surface area (Å²) in [5.41, 5.74) is 6.74. The molecule has 1 unspecified atom stereocenters. The van der Waals surface area contributed by atoms with E-state index in [1.165, 1.54) is 16.8 Å². The summed E-state index contributed by atoms with van der Waals surface area (Å²) in [7, 11) is 0. The minimum Gasteiger partial charge on any atom is -0.308 e. The van der Waals surface area contributed by atoms with Crippen LogP contribution in [0.25, 0.3) is 0 Å². The van der Waals surface area contributed by atoms with Gasteiger partial charge in [0, 0.05) is 12.4 Å². The highest BCUT2D eigenvalue weighted by Crippen LogP contribution is 2.36. The lowest BCUT2D eigenvalue weighted by atomic mass is 9.71. The second-order valence-electron chi connectivity index (χ2n) is 4.75. The Balaban J connectivity index is 2.20. The van der Waals surface area contributed by atoms with Gasteiger partial charge in [0.25, 0.3) is 0 Å². The van der Waals surface area contributed by atoms with Gasteiger partial charge < -0.3 is 5.43 Å². The van der Waals surface area contributed by atoms with Gasteiger partial charge >= 0.3 is 0 Å². The fourth-order valence-electron chi connectivity index (χ4n) is 2.89. The number of hydrazone groups is 1. The summed E-state index contributed by atoms with van der Waals surface area (Å²) in [5.74, 6) is 0. The van der Waals surface area contributed by atoms with Crippen LogP contribution < -0.4 is 5.43 Å². The number of aromatic nitrogens is 1. The van der Waals surface area contributed by atoms with Crippen molar-refractivity contribution in [3.63, 3.8) is 0 Å². The molecule has 3 heteroatoms. The fourth-order valence-corrected chi connectivity index (χ4v) is 2.89. The molecule has 0 aliphatic carbocycles. The first kappa shape index (κ1) is 11.9. The van der Waals surface area contributed by atoms with Crippen LogP contribution in [0.4, 0.5) is 0 Å². The summed E-state index contributed by atoms with van der Waals surface area (Å²) in [6, 6.07) is 14.8. The second-order valence-corrected chi connectivity index (χ2v) is 4.75. The summed E-state index contributed by atoms with van der Waals surface area (Å²) in [6.07, 6.45) is 4.64. The number of benzene rings is 1. The van der Waals surface area contributed by atoms with Crippen LogP contribution in [0.1, 0.15) is 24.5 Å². The molecule has 0 amide bonds. The van der Waals surface area contributed by atoms with Crippen LogP contribution in [0.5, 0.6) is 0 Å². The summed E-state index contributed by atoms with van der Waals surface area (Å²) >= 11 is 0. The minimum atomic E-state index is -0.154. The highest BCUT2D eigenvalue weighted by molar-refractivity contribution is 5.99. The van der Waals surface area contributed by atoms with E-state index in [2.05, 4.69) is 64.9 Å². The van der Waals surface area contributed by atoms with Crippen molar-refractivity contribution in [3.8, 4) is 0 Å². The van der Waals surface area contributed by atoms with Crippen molar-refractivity contribution in [1.82, 2.24) is 10.4 Å². The normalized spacial score (nSPS) is 21.8. The van der Waals surface area contributed by atoms with E-state index in [1.807, 2.05) is 12.4 Å². The first-order chi connectivity index (χ1) is 9.38. The average molecular weight is 251 g/mol. The van der Waals surface area contributed by atoms with E-state index >= 15 is 0 Å². The Bertz CT molecular complexity index is 536. The Kier molecular flexibility index (Phi) is 3.03. The highest BCUT2D eigenvalue weighted by Gasteiger charge is 2.41. The van der Waals surface area contributed by atoms with E-state index in [0.717, 1.165) is 13.0 Å². The molecule has 1 aliphatic rings. The molecular weight excluding hydrogens is 234 g/mol. The van der Waals surface area contributed by atoms with Gasteiger partial charge in [-0.2, -0.15) is 5.10 Å². The lowest BCUT2D eigenvalue weighted by molar-refractivity contribution is 0.647. The van der Waals surface area contributed by atoms with Crippen molar-refractivity contribution in [3.05, 3.63) is 66.0 Å². The number of nitrogens with zero attached hydrogens (tertiary/aromatic N) is 2. The van der Waals surface area contributed by atoms with Crippen LogP contribution in [-0.2, 0) is 5.41 Å². The summed E-state index contributed by atoms with van der Waals surface area (Å²) in [4.78, 5) is 4.13. The summed E-state index contributed by atoms with van der Waals surface area (Å²) in [5, 5.41) is 4.51. The molecule has 3 rings (SSSR count). The van der Waals surface area contributed by atoms with Gasteiger partial charge in [-0.3, -0.25) is 4.98 Å². The van der Waals surface area contributed by atoms with Crippen molar-refractivity contribution < 1.29 is 0 Å². The van der Waals surface area contributed by atoms with E-state index in [9.17, 15) is 0 Å². The van der Waals surface area contributed by atoms with Gasteiger partial charge in [0.2, 0.25) is 0 Å². The van der Waals surface area contributed by atoms with Crippen LogP contribution in [0, 0.1) is 0 Å². The Hall–Kier alpha value is -2.16. The Morgan fingerprint density at radius 3 is 2.42 bits per heavy atom. The monoisotopic (exact) mass is 251 g/mol. The van der Waals surface area contributed by atoms with Gasteiger partial charge in [0.1, 0.15) is 0 Å². The van der Waals surface area contributed by atoms with Crippen molar-refractivity contribution in [1.29, 1.82) is 0 Å². The molecule has 96 valence electrons. The first-order valence-corrected chi connectivity index (χ1v) is 6.64. The molecule has 0 bridgehead atoms. The largest absolute Gasteiger partial charge is 0.308 e. The Labute approximate surface area is 113 Å². The fraction of sp³-hybridized carbons (Fsp3) is 0.250. The van der Waals surface area contributed by atoms with Gasteiger partial charge in [-0.25, -0.2) is 0 Å². The lowest BCUT2D eigenvalue weighted by Gasteiger charge is -2.30. The number of rotatable bonds is 3. The molecule has 1 N–H and O–H groups in total. The van der Waals surface area contributed by atoms with E-state index in [0.29, 0.717) is 0 Å². The van der Waals surface area contributed by atoms with Crippen LogP contribution >= 0.6 is 0 Å². The summed E-state index contributed by atoms with van der Waals surface area (Å²) < 4.78 is 0. The first-order valence-electron chi connectivity index (χ1n) is 6.64. The molecule has 1 aliphatic heterocycles. The van der Waals surface area contributed by atoms with Gasteiger partial charge in [0.05, 0.1) is 17.7 Å². The number of nitrogens with one attached hydrogen (secondary N) is 1. The third kappa shape index (κ3) is 1.82. The number of hydrogen-bond donors (Lipinski definition) is 1. The maximum Gasteiger partial charge on any atom is 0.0792 e. The molecular formula is C16H17N3. The molecule has 0 fully saturated rings. The quantitative estimate of drug-likeness (QED) is 0.910. The molecule has 0 saturated heterocycles. The molecule has 1 atom stereocenters. The molecule has 0 spiro atoms. The standard InChI is InChI=1S/C16H17N3/c1-2-15-16(12-18-19-15,13-6-4-3-5-7-13)14-8-10-17-11-9-14/h3-11,18H,2,12H2,1H3. The maximum absolute atomic E-state index is 4.51. The topological polar surface area (TPSA) is 37.3 Å². The van der Waals surface area contributed by atoms with Gasteiger partial charge in [-0.15, -0.1) is 0 Å². The predicted octanol–water partition coefficient (Wildman–Crippen LogP) is 2.74. The molecule has 2 heterocycles. The van der Waals surface area contributed by atoms with Crippen molar-refractivity contribution >= 4 is 5.71 Å².